The number of alkyl halides is 3. The summed E-state index contributed by atoms with van der Waals surface area (Å²) in [6.45, 7) is 3.18. The lowest BCUT2D eigenvalue weighted by molar-refractivity contribution is -0.138. The van der Waals surface area contributed by atoms with Crippen LogP contribution >= 0.6 is 0 Å². The van der Waals surface area contributed by atoms with Crippen molar-refractivity contribution in [2.75, 3.05) is 16.1 Å². The van der Waals surface area contributed by atoms with Gasteiger partial charge in [-0.2, -0.15) is 23.3 Å². The number of rotatable bonds is 9. The number of aromatic nitrogens is 3. The molecule has 1 aromatic carbocycles. The molecular formula is C22H21F4N7O2. The Morgan fingerprint density at radius 3 is 2.54 bits per heavy atom. The zero-order chi connectivity index (χ0) is 25.6. The van der Waals surface area contributed by atoms with Crippen LogP contribution in [0.5, 0.6) is 0 Å². The van der Waals surface area contributed by atoms with Crippen molar-refractivity contribution in [2.45, 2.75) is 32.0 Å². The van der Waals surface area contributed by atoms with Gasteiger partial charge in [-0.1, -0.05) is 6.07 Å². The van der Waals surface area contributed by atoms with Crippen molar-refractivity contribution in [3.63, 3.8) is 0 Å². The second kappa shape index (κ2) is 10.3. The topological polar surface area (TPSA) is 124 Å². The van der Waals surface area contributed by atoms with E-state index in [1.54, 1.807) is 26.0 Å². The first-order chi connectivity index (χ1) is 16.4. The Morgan fingerprint density at radius 1 is 1.11 bits per heavy atom. The van der Waals surface area contributed by atoms with Gasteiger partial charge < -0.3 is 15.7 Å². The van der Waals surface area contributed by atoms with Crippen LogP contribution in [-0.2, 0) is 11.0 Å². The first kappa shape index (κ1) is 25.3. The van der Waals surface area contributed by atoms with Gasteiger partial charge >= 0.3 is 12.1 Å². The molecule has 9 nitrogen and oxygen atoms in total. The first-order valence-electron chi connectivity index (χ1n) is 10.1. The second-order valence-electron chi connectivity index (χ2n) is 8.01. The highest BCUT2D eigenvalue weighted by Crippen LogP contribution is 2.31. The van der Waals surface area contributed by atoms with Crippen molar-refractivity contribution < 1.29 is 27.5 Å². The molecule has 2 aromatic heterocycles. The molecule has 0 spiro atoms. The van der Waals surface area contributed by atoms with Gasteiger partial charge in [0, 0.05) is 11.2 Å². The highest BCUT2D eigenvalue weighted by Gasteiger charge is 2.30. The minimum atomic E-state index is -4.44. The quantitative estimate of drug-likeness (QED) is 0.190. The molecule has 3 rings (SSSR count). The molecular weight excluding hydrogens is 470 g/mol. The Balaban J connectivity index is 1.62. The van der Waals surface area contributed by atoms with Crippen LogP contribution in [0.25, 0.3) is 0 Å². The van der Waals surface area contributed by atoms with Gasteiger partial charge in [0.15, 0.2) is 11.6 Å². The number of anilines is 4. The number of nitrogens with one attached hydrogen (secondary N) is 3. The van der Waals surface area contributed by atoms with Crippen molar-refractivity contribution in [3.05, 3.63) is 65.9 Å². The average Bonchev–Trinajstić information content (AvgIpc) is 2.76. The van der Waals surface area contributed by atoms with E-state index in [1.165, 1.54) is 24.5 Å². The number of hydrogen-bond acceptors (Lipinski definition) is 8. The standard InChI is InChI=1S/C22H21F4N7O2/c1-21(2,9-18(34)35)32-19-17(23)12-28-20(31-19)33-29-11-15-6-7-16(10-27-15)30-14-5-3-4-13(8-14)22(24,25)26/h3-8,10-12,30H,9H2,1-2H3,(H,34,35)(H2,28,31,32,33)/b29-11+. The lowest BCUT2D eigenvalue weighted by Crippen LogP contribution is -2.34. The minimum absolute atomic E-state index is 0.0425. The molecule has 0 fully saturated rings. The summed E-state index contributed by atoms with van der Waals surface area (Å²) in [5.74, 6) is -2.04. The molecule has 0 amide bonds. The van der Waals surface area contributed by atoms with E-state index in [4.69, 9.17) is 5.11 Å². The molecule has 0 saturated heterocycles. The minimum Gasteiger partial charge on any atom is -0.481 e. The SMILES string of the molecule is CC(C)(CC(=O)O)Nc1nc(N/N=C/c2ccc(Nc3cccc(C(F)(F)F)c3)cn2)ncc1F. The van der Waals surface area contributed by atoms with Crippen LogP contribution in [-0.4, -0.2) is 37.8 Å². The van der Waals surface area contributed by atoms with E-state index in [2.05, 4.69) is 36.1 Å². The Morgan fingerprint density at radius 2 is 1.89 bits per heavy atom. The van der Waals surface area contributed by atoms with E-state index >= 15 is 0 Å². The number of pyridine rings is 1. The zero-order valence-electron chi connectivity index (χ0n) is 18.6. The molecule has 2 heterocycles. The summed E-state index contributed by atoms with van der Waals surface area (Å²) in [6.07, 6.45) is -1.04. The van der Waals surface area contributed by atoms with E-state index in [0.29, 0.717) is 11.4 Å². The Bertz CT molecular complexity index is 1220. The van der Waals surface area contributed by atoms with Gasteiger partial charge in [-0.3, -0.25) is 9.78 Å². The third-order valence-corrected chi connectivity index (χ3v) is 4.42. The molecule has 0 unspecified atom stereocenters. The predicted molar refractivity (Wildman–Crippen MR) is 122 cm³/mol. The fourth-order valence-corrected chi connectivity index (χ4v) is 2.90. The van der Waals surface area contributed by atoms with Gasteiger partial charge in [0.2, 0.25) is 5.95 Å². The molecule has 4 N–H and O–H groups in total. The monoisotopic (exact) mass is 491 g/mol. The third kappa shape index (κ3) is 7.62. The predicted octanol–water partition coefficient (Wildman–Crippen LogP) is 4.88. The highest BCUT2D eigenvalue weighted by atomic mass is 19.4. The molecule has 0 bridgehead atoms. The molecule has 13 heteroatoms. The molecule has 0 atom stereocenters. The molecule has 0 saturated carbocycles. The number of hydrazone groups is 1. The molecule has 0 aliphatic carbocycles. The Kier molecular flexibility index (Phi) is 7.47. The molecule has 0 aliphatic rings. The van der Waals surface area contributed by atoms with Gasteiger partial charge in [-0.15, -0.1) is 0 Å². The lowest BCUT2D eigenvalue weighted by atomic mass is 10.0. The maximum absolute atomic E-state index is 14.0. The zero-order valence-corrected chi connectivity index (χ0v) is 18.6. The van der Waals surface area contributed by atoms with Crippen LogP contribution in [0.2, 0.25) is 0 Å². The van der Waals surface area contributed by atoms with Crippen LogP contribution in [0, 0.1) is 5.82 Å². The average molecular weight is 491 g/mol. The molecule has 35 heavy (non-hydrogen) atoms. The van der Waals surface area contributed by atoms with E-state index in [1.807, 2.05) is 0 Å². The van der Waals surface area contributed by atoms with Crippen molar-refractivity contribution >= 4 is 35.3 Å². The van der Waals surface area contributed by atoms with Gasteiger partial charge in [-0.05, 0) is 44.2 Å². The van der Waals surface area contributed by atoms with E-state index in [9.17, 15) is 22.4 Å². The summed E-state index contributed by atoms with van der Waals surface area (Å²) < 4.78 is 52.6. The molecule has 3 aromatic rings. The number of carbonyl (C=O) groups is 1. The number of halogens is 4. The summed E-state index contributed by atoms with van der Waals surface area (Å²) in [4.78, 5) is 22.8. The first-order valence-corrected chi connectivity index (χ1v) is 10.1. The number of carboxylic acid groups (broad SMARTS) is 1. The fourth-order valence-electron chi connectivity index (χ4n) is 2.90. The van der Waals surface area contributed by atoms with Gasteiger partial charge in [0.25, 0.3) is 0 Å². The summed E-state index contributed by atoms with van der Waals surface area (Å²) >= 11 is 0. The summed E-state index contributed by atoms with van der Waals surface area (Å²) in [7, 11) is 0. The van der Waals surface area contributed by atoms with Crippen LogP contribution in [0.3, 0.4) is 0 Å². The Labute approximate surface area is 197 Å². The smallest absolute Gasteiger partial charge is 0.416 e. The molecule has 0 aliphatic heterocycles. The van der Waals surface area contributed by atoms with Crippen LogP contribution in [0.4, 0.5) is 40.7 Å². The maximum Gasteiger partial charge on any atom is 0.416 e. The lowest BCUT2D eigenvalue weighted by Gasteiger charge is -2.25. The van der Waals surface area contributed by atoms with E-state index in [0.717, 1.165) is 18.3 Å². The summed E-state index contributed by atoms with van der Waals surface area (Å²) in [5.41, 5.74) is 1.93. The van der Waals surface area contributed by atoms with E-state index < -0.39 is 29.1 Å². The van der Waals surface area contributed by atoms with Crippen LogP contribution < -0.4 is 16.1 Å². The van der Waals surface area contributed by atoms with Crippen LogP contribution in [0.1, 0.15) is 31.5 Å². The van der Waals surface area contributed by atoms with Crippen molar-refractivity contribution in [1.82, 2.24) is 15.0 Å². The van der Waals surface area contributed by atoms with Gasteiger partial charge in [0.1, 0.15) is 0 Å². The van der Waals surface area contributed by atoms with Gasteiger partial charge in [0.05, 0.1) is 42.0 Å². The highest BCUT2D eigenvalue weighted by molar-refractivity contribution is 5.78. The largest absolute Gasteiger partial charge is 0.481 e. The third-order valence-electron chi connectivity index (χ3n) is 4.42. The van der Waals surface area contributed by atoms with Crippen molar-refractivity contribution in [1.29, 1.82) is 0 Å². The number of aliphatic carboxylic acids is 1. The summed E-state index contributed by atoms with van der Waals surface area (Å²) in [6, 6.07) is 7.97. The second-order valence-corrected chi connectivity index (χ2v) is 8.01. The van der Waals surface area contributed by atoms with Crippen molar-refractivity contribution in [3.8, 4) is 0 Å². The number of carboxylic acids is 1. The maximum atomic E-state index is 14.0. The number of benzene rings is 1. The number of hydrogen-bond donors (Lipinski definition) is 4. The fraction of sp³-hybridized carbons (Fsp3) is 0.227. The van der Waals surface area contributed by atoms with Crippen molar-refractivity contribution in [2.24, 2.45) is 5.10 Å². The Hall–Kier alpha value is -4.29. The normalized spacial score (nSPS) is 11.9. The number of nitrogens with zero attached hydrogens (tertiary/aromatic N) is 4. The molecule has 184 valence electrons. The van der Waals surface area contributed by atoms with E-state index in [-0.39, 0.29) is 23.9 Å². The molecule has 0 radical (unpaired) electrons. The summed E-state index contributed by atoms with van der Waals surface area (Å²) in [5, 5.41) is 18.5. The van der Waals surface area contributed by atoms with Gasteiger partial charge in [-0.25, -0.2) is 14.8 Å². The van der Waals surface area contributed by atoms with Crippen LogP contribution in [0.15, 0.2) is 53.9 Å².